The van der Waals surface area contributed by atoms with Crippen molar-refractivity contribution in [1.29, 1.82) is 0 Å². The SMILES string of the molecule is COc1cc(C)ccc1NC(=O)c1cc(C(=O)Nc2ccc(C)cc2OC)n(C)n1. The Kier molecular flexibility index (Phi) is 6.06. The number of carbonyl (C=O) groups excluding carboxylic acids is 2. The van der Waals surface area contributed by atoms with Gasteiger partial charge in [-0.05, 0) is 49.2 Å². The van der Waals surface area contributed by atoms with Crippen molar-refractivity contribution >= 4 is 23.2 Å². The van der Waals surface area contributed by atoms with Crippen LogP contribution in [-0.2, 0) is 7.05 Å². The Balaban J connectivity index is 1.79. The van der Waals surface area contributed by atoms with Gasteiger partial charge in [-0.15, -0.1) is 0 Å². The molecule has 0 fully saturated rings. The van der Waals surface area contributed by atoms with Crippen LogP contribution in [0.15, 0.2) is 42.5 Å². The molecule has 0 bridgehead atoms. The van der Waals surface area contributed by atoms with Crippen LogP contribution in [0, 0.1) is 13.8 Å². The molecule has 30 heavy (non-hydrogen) atoms. The van der Waals surface area contributed by atoms with Gasteiger partial charge in [-0.1, -0.05) is 12.1 Å². The number of rotatable bonds is 6. The van der Waals surface area contributed by atoms with Crippen molar-refractivity contribution in [1.82, 2.24) is 9.78 Å². The molecule has 2 N–H and O–H groups in total. The van der Waals surface area contributed by atoms with Crippen molar-refractivity contribution < 1.29 is 19.1 Å². The maximum atomic E-state index is 12.7. The molecule has 8 nitrogen and oxygen atoms in total. The molecule has 0 saturated carbocycles. The minimum Gasteiger partial charge on any atom is -0.495 e. The van der Waals surface area contributed by atoms with Gasteiger partial charge in [-0.2, -0.15) is 5.10 Å². The highest BCUT2D eigenvalue weighted by Gasteiger charge is 2.20. The highest BCUT2D eigenvalue weighted by atomic mass is 16.5. The summed E-state index contributed by atoms with van der Waals surface area (Å²) in [7, 11) is 4.67. The first-order valence-electron chi connectivity index (χ1n) is 9.28. The third-order valence-corrected chi connectivity index (χ3v) is 4.56. The van der Waals surface area contributed by atoms with Gasteiger partial charge in [0, 0.05) is 13.1 Å². The number of hydrogen-bond acceptors (Lipinski definition) is 5. The Labute approximate surface area is 174 Å². The molecule has 2 amide bonds. The van der Waals surface area contributed by atoms with E-state index in [-0.39, 0.29) is 11.4 Å². The fourth-order valence-electron chi connectivity index (χ4n) is 2.97. The Morgan fingerprint density at radius 3 is 1.83 bits per heavy atom. The molecule has 3 aromatic rings. The topological polar surface area (TPSA) is 94.5 Å². The van der Waals surface area contributed by atoms with Gasteiger partial charge in [0.25, 0.3) is 11.8 Å². The number of ether oxygens (including phenoxy) is 2. The second-order valence-corrected chi connectivity index (χ2v) is 6.85. The molecular formula is C22H24N4O4. The van der Waals surface area contributed by atoms with Crippen LogP contribution < -0.4 is 20.1 Å². The number of benzene rings is 2. The lowest BCUT2D eigenvalue weighted by Crippen LogP contribution is -2.16. The van der Waals surface area contributed by atoms with Crippen molar-refractivity contribution in [2.24, 2.45) is 7.05 Å². The molecule has 0 atom stereocenters. The summed E-state index contributed by atoms with van der Waals surface area (Å²) in [6.07, 6.45) is 0. The summed E-state index contributed by atoms with van der Waals surface area (Å²) in [6, 6.07) is 12.3. The van der Waals surface area contributed by atoms with Gasteiger partial charge in [0.1, 0.15) is 17.2 Å². The van der Waals surface area contributed by atoms with E-state index in [1.54, 1.807) is 19.2 Å². The summed E-state index contributed by atoms with van der Waals surface area (Å²) >= 11 is 0. The van der Waals surface area contributed by atoms with Crippen molar-refractivity contribution in [3.8, 4) is 11.5 Å². The third-order valence-electron chi connectivity index (χ3n) is 4.56. The number of aryl methyl sites for hydroxylation is 3. The number of aromatic nitrogens is 2. The lowest BCUT2D eigenvalue weighted by atomic mass is 10.2. The van der Waals surface area contributed by atoms with E-state index >= 15 is 0 Å². The van der Waals surface area contributed by atoms with Crippen LogP contribution in [0.5, 0.6) is 11.5 Å². The highest BCUT2D eigenvalue weighted by molar-refractivity contribution is 6.08. The Morgan fingerprint density at radius 2 is 1.33 bits per heavy atom. The second kappa shape index (κ2) is 8.69. The summed E-state index contributed by atoms with van der Waals surface area (Å²) in [5, 5.41) is 9.73. The van der Waals surface area contributed by atoms with Crippen LogP contribution in [0.1, 0.15) is 32.1 Å². The Morgan fingerprint density at radius 1 is 0.833 bits per heavy atom. The molecule has 0 aliphatic carbocycles. The van der Waals surface area contributed by atoms with Crippen molar-refractivity contribution in [3.05, 3.63) is 65.0 Å². The van der Waals surface area contributed by atoms with E-state index in [1.165, 1.54) is 25.0 Å². The minimum absolute atomic E-state index is 0.112. The molecule has 8 heteroatoms. The van der Waals surface area contributed by atoms with Crippen LogP contribution in [-0.4, -0.2) is 35.8 Å². The normalized spacial score (nSPS) is 10.4. The van der Waals surface area contributed by atoms with Gasteiger partial charge < -0.3 is 20.1 Å². The highest BCUT2D eigenvalue weighted by Crippen LogP contribution is 2.27. The number of methoxy groups -OCH3 is 2. The Bertz CT molecular complexity index is 1100. The van der Waals surface area contributed by atoms with Crippen LogP contribution in [0.3, 0.4) is 0 Å². The lowest BCUT2D eigenvalue weighted by Gasteiger charge is -2.10. The summed E-state index contributed by atoms with van der Waals surface area (Å²) in [5.74, 6) is 0.248. The average molecular weight is 408 g/mol. The average Bonchev–Trinajstić information content (AvgIpc) is 3.12. The summed E-state index contributed by atoms with van der Waals surface area (Å²) < 4.78 is 12.0. The van der Waals surface area contributed by atoms with Crippen molar-refractivity contribution in [3.63, 3.8) is 0 Å². The molecule has 1 aromatic heterocycles. The molecule has 0 saturated heterocycles. The zero-order valence-corrected chi connectivity index (χ0v) is 17.6. The largest absolute Gasteiger partial charge is 0.495 e. The summed E-state index contributed by atoms with van der Waals surface area (Å²) in [5.41, 5.74) is 3.42. The van der Waals surface area contributed by atoms with E-state index < -0.39 is 11.8 Å². The molecule has 2 aromatic carbocycles. The fourth-order valence-corrected chi connectivity index (χ4v) is 2.97. The zero-order valence-electron chi connectivity index (χ0n) is 17.6. The summed E-state index contributed by atoms with van der Waals surface area (Å²) in [4.78, 5) is 25.4. The number of carbonyl (C=O) groups is 2. The molecule has 1 heterocycles. The van der Waals surface area contributed by atoms with Gasteiger partial charge >= 0.3 is 0 Å². The summed E-state index contributed by atoms with van der Waals surface area (Å²) in [6.45, 7) is 3.87. The van der Waals surface area contributed by atoms with E-state index in [9.17, 15) is 9.59 Å². The monoisotopic (exact) mass is 408 g/mol. The number of anilines is 2. The fraction of sp³-hybridized carbons (Fsp3) is 0.227. The van der Waals surface area contributed by atoms with Crippen LogP contribution in [0.25, 0.3) is 0 Å². The maximum absolute atomic E-state index is 12.7. The third kappa shape index (κ3) is 4.43. The first-order chi connectivity index (χ1) is 14.3. The van der Waals surface area contributed by atoms with Crippen molar-refractivity contribution in [2.45, 2.75) is 13.8 Å². The molecule has 156 valence electrons. The van der Waals surface area contributed by atoms with Gasteiger partial charge in [0.2, 0.25) is 0 Å². The number of amides is 2. The molecule has 3 rings (SSSR count). The van der Waals surface area contributed by atoms with Crippen LogP contribution >= 0.6 is 0 Å². The van der Waals surface area contributed by atoms with E-state index in [0.29, 0.717) is 22.9 Å². The predicted molar refractivity (Wildman–Crippen MR) is 115 cm³/mol. The van der Waals surface area contributed by atoms with E-state index in [1.807, 2.05) is 38.1 Å². The first-order valence-corrected chi connectivity index (χ1v) is 9.28. The molecule has 0 aliphatic rings. The molecule has 0 unspecified atom stereocenters. The first kappa shape index (κ1) is 20.9. The minimum atomic E-state index is -0.445. The predicted octanol–water partition coefficient (Wildman–Crippen LogP) is 3.56. The van der Waals surface area contributed by atoms with Gasteiger partial charge in [-0.25, -0.2) is 0 Å². The van der Waals surface area contributed by atoms with Gasteiger partial charge in [0.05, 0.1) is 25.6 Å². The number of nitrogens with zero attached hydrogens (tertiary/aromatic N) is 2. The van der Waals surface area contributed by atoms with E-state index in [2.05, 4.69) is 15.7 Å². The smallest absolute Gasteiger partial charge is 0.276 e. The van der Waals surface area contributed by atoms with E-state index in [0.717, 1.165) is 11.1 Å². The van der Waals surface area contributed by atoms with Crippen molar-refractivity contribution in [2.75, 3.05) is 24.9 Å². The van der Waals surface area contributed by atoms with Crippen LogP contribution in [0.4, 0.5) is 11.4 Å². The molecular weight excluding hydrogens is 384 g/mol. The molecule has 0 aliphatic heterocycles. The zero-order chi connectivity index (χ0) is 21.8. The van der Waals surface area contributed by atoms with Gasteiger partial charge in [-0.3, -0.25) is 14.3 Å². The second-order valence-electron chi connectivity index (χ2n) is 6.85. The lowest BCUT2D eigenvalue weighted by molar-refractivity contribution is 0.101. The quantitative estimate of drug-likeness (QED) is 0.650. The Hall–Kier alpha value is -3.81. The number of hydrogen-bond donors (Lipinski definition) is 2. The maximum Gasteiger partial charge on any atom is 0.276 e. The van der Waals surface area contributed by atoms with E-state index in [4.69, 9.17) is 9.47 Å². The molecule has 0 radical (unpaired) electrons. The van der Waals surface area contributed by atoms with Gasteiger partial charge in [0.15, 0.2) is 5.69 Å². The van der Waals surface area contributed by atoms with Crippen LogP contribution in [0.2, 0.25) is 0 Å². The standard InChI is InChI=1S/C22H24N4O4/c1-13-6-8-15(19(10-13)29-4)23-21(27)17-12-18(26(3)25-17)22(28)24-16-9-7-14(2)11-20(16)30-5/h6-12H,1-5H3,(H,23,27)(H,24,28). The number of nitrogens with one attached hydrogen (secondary N) is 2. The molecule has 0 spiro atoms.